The molecule has 1 nitrogen and oxygen atoms in total. The highest BCUT2D eigenvalue weighted by molar-refractivity contribution is 6.31. The second kappa shape index (κ2) is 5.18. The van der Waals surface area contributed by atoms with E-state index in [0.29, 0.717) is 15.8 Å². The van der Waals surface area contributed by atoms with Gasteiger partial charge in [-0.1, -0.05) is 35.3 Å². The highest BCUT2D eigenvalue weighted by atomic mass is 35.5. The van der Waals surface area contributed by atoms with Gasteiger partial charge in [-0.25, -0.2) is 0 Å². The molecule has 0 atom stereocenters. The van der Waals surface area contributed by atoms with Gasteiger partial charge in [-0.15, -0.1) is 0 Å². The van der Waals surface area contributed by atoms with E-state index in [2.05, 4.69) is 0 Å². The van der Waals surface area contributed by atoms with Gasteiger partial charge in [0.2, 0.25) is 0 Å². The van der Waals surface area contributed by atoms with Gasteiger partial charge in [0.25, 0.3) is 0 Å². The molecular weight excluding hydrogens is 315 g/mol. The number of fused-ring (bicyclic) bond motifs is 2. The second-order valence-electron chi connectivity index (χ2n) is 6.78. The minimum Gasteiger partial charge on any atom is -0.507 e. The van der Waals surface area contributed by atoms with Crippen LogP contribution >= 0.6 is 23.2 Å². The first-order chi connectivity index (χ1) is 10.6. The van der Waals surface area contributed by atoms with Crippen molar-refractivity contribution in [1.82, 2.24) is 0 Å². The van der Waals surface area contributed by atoms with Crippen LogP contribution in [0.5, 0.6) is 5.75 Å². The molecule has 0 unspecified atom stereocenters. The van der Waals surface area contributed by atoms with Gasteiger partial charge in [0.15, 0.2) is 0 Å². The van der Waals surface area contributed by atoms with Gasteiger partial charge in [0.05, 0.1) is 0 Å². The lowest BCUT2D eigenvalue weighted by Gasteiger charge is -2.29. The fourth-order valence-electron chi connectivity index (χ4n) is 4.42. The normalized spacial score (nSPS) is 26.5. The van der Waals surface area contributed by atoms with Crippen molar-refractivity contribution in [2.75, 3.05) is 0 Å². The molecule has 22 heavy (non-hydrogen) atoms. The van der Waals surface area contributed by atoms with Crippen LogP contribution < -0.4 is 0 Å². The zero-order chi connectivity index (χ0) is 15.3. The lowest BCUT2D eigenvalue weighted by atomic mass is 9.76. The molecule has 0 saturated heterocycles. The highest BCUT2D eigenvalue weighted by Crippen LogP contribution is 2.58. The van der Waals surface area contributed by atoms with E-state index in [1.807, 2.05) is 36.4 Å². The van der Waals surface area contributed by atoms with Crippen LogP contribution in [-0.4, -0.2) is 5.11 Å². The van der Waals surface area contributed by atoms with Crippen molar-refractivity contribution in [3.05, 3.63) is 52.0 Å². The fraction of sp³-hybridized carbons (Fsp3) is 0.368. The summed E-state index contributed by atoms with van der Waals surface area (Å²) in [7, 11) is 0. The van der Waals surface area contributed by atoms with Crippen molar-refractivity contribution in [1.29, 1.82) is 0 Å². The average Bonchev–Trinajstić information content (AvgIpc) is 3.12. The van der Waals surface area contributed by atoms with Crippen LogP contribution in [0.2, 0.25) is 10.0 Å². The molecule has 0 spiro atoms. The van der Waals surface area contributed by atoms with Crippen molar-refractivity contribution in [2.24, 2.45) is 5.92 Å². The molecule has 114 valence electrons. The molecule has 0 aromatic heterocycles. The molecule has 0 amide bonds. The van der Waals surface area contributed by atoms with Gasteiger partial charge in [-0.05, 0) is 73.3 Å². The summed E-state index contributed by atoms with van der Waals surface area (Å²) < 4.78 is 0. The summed E-state index contributed by atoms with van der Waals surface area (Å²) in [6, 6.07) is 11.4. The van der Waals surface area contributed by atoms with Crippen LogP contribution in [0.1, 0.15) is 37.7 Å². The van der Waals surface area contributed by atoms with E-state index in [1.165, 1.54) is 32.1 Å². The van der Waals surface area contributed by atoms with E-state index >= 15 is 0 Å². The van der Waals surface area contributed by atoms with Crippen LogP contribution in [0.15, 0.2) is 36.4 Å². The minimum absolute atomic E-state index is 0.140. The first-order valence-corrected chi connectivity index (χ1v) is 8.62. The van der Waals surface area contributed by atoms with Gasteiger partial charge in [-0.2, -0.15) is 0 Å². The maximum Gasteiger partial charge on any atom is 0.127 e. The van der Waals surface area contributed by atoms with Crippen molar-refractivity contribution in [2.45, 2.75) is 37.5 Å². The van der Waals surface area contributed by atoms with Crippen molar-refractivity contribution < 1.29 is 5.11 Å². The smallest absolute Gasteiger partial charge is 0.127 e. The van der Waals surface area contributed by atoms with E-state index in [9.17, 15) is 5.11 Å². The maximum absolute atomic E-state index is 10.9. The van der Waals surface area contributed by atoms with E-state index in [-0.39, 0.29) is 5.41 Å². The predicted molar refractivity (Wildman–Crippen MR) is 91.8 cm³/mol. The summed E-state index contributed by atoms with van der Waals surface area (Å²) in [6.07, 6.45) is 6.10. The standard InChI is InChI=1S/C19H18Cl2O/c20-14-3-1-13(2-4-14)16-9-15(21)10-17(18(16)22)19-7-5-12(11-19)6-8-19/h1-4,9-10,12,22H,5-8,11H2. The van der Waals surface area contributed by atoms with Crippen molar-refractivity contribution in [3.63, 3.8) is 0 Å². The van der Waals surface area contributed by atoms with Crippen LogP contribution in [0.3, 0.4) is 0 Å². The molecule has 0 aliphatic heterocycles. The molecule has 2 aliphatic rings. The number of hydrogen-bond donors (Lipinski definition) is 1. The molecule has 2 aliphatic carbocycles. The largest absolute Gasteiger partial charge is 0.507 e. The second-order valence-corrected chi connectivity index (χ2v) is 7.66. The molecule has 0 heterocycles. The Kier molecular flexibility index (Phi) is 3.39. The van der Waals surface area contributed by atoms with E-state index in [1.54, 1.807) is 0 Å². The van der Waals surface area contributed by atoms with E-state index in [4.69, 9.17) is 23.2 Å². The monoisotopic (exact) mass is 332 g/mol. The summed E-state index contributed by atoms with van der Waals surface area (Å²) in [4.78, 5) is 0. The topological polar surface area (TPSA) is 20.2 Å². The summed E-state index contributed by atoms with van der Waals surface area (Å²) in [5.74, 6) is 1.23. The minimum atomic E-state index is 0.140. The van der Waals surface area contributed by atoms with Crippen LogP contribution in [0.25, 0.3) is 11.1 Å². The molecule has 2 saturated carbocycles. The number of aromatic hydroxyl groups is 1. The number of phenols is 1. The maximum atomic E-state index is 10.9. The first kappa shape index (κ1) is 14.4. The molecule has 1 N–H and O–H groups in total. The third-order valence-electron chi connectivity index (χ3n) is 5.54. The Hall–Kier alpha value is -1.18. The quantitative estimate of drug-likeness (QED) is 0.694. The van der Waals surface area contributed by atoms with Crippen molar-refractivity contribution >= 4 is 23.2 Å². The molecule has 2 aromatic rings. The molecule has 3 heteroatoms. The van der Waals surface area contributed by atoms with Crippen LogP contribution in [-0.2, 0) is 5.41 Å². The SMILES string of the molecule is Oc1c(-c2ccc(Cl)cc2)cc(Cl)cc1C12CCC(CC1)C2. The summed E-state index contributed by atoms with van der Waals surface area (Å²) in [5.41, 5.74) is 2.95. The summed E-state index contributed by atoms with van der Waals surface area (Å²) >= 11 is 12.3. The number of rotatable bonds is 2. The zero-order valence-corrected chi connectivity index (χ0v) is 13.8. The van der Waals surface area contributed by atoms with Crippen LogP contribution in [0, 0.1) is 5.92 Å². The zero-order valence-electron chi connectivity index (χ0n) is 12.3. The number of phenolic OH excluding ortho intramolecular Hbond substituents is 1. The van der Waals surface area contributed by atoms with Gasteiger partial charge in [0.1, 0.15) is 5.75 Å². The van der Waals surface area contributed by atoms with E-state index < -0.39 is 0 Å². The summed E-state index contributed by atoms with van der Waals surface area (Å²) in [5, 5.41) is 12.3. The third kappa shape index (κ3) is 2.23. The third-order valence-corrected chi connectivity index (χ3v) is 6.01. The van der Waals surface area contributed by atoms with Gasteiger partial charge in [0, 0.05) is 21.2 Å². The fourth-order valence-corrected chi connectivity index (χ4v) is 4.77. The molecule has 2 bridgehead atoms. The molecule has 2 aromatic carbocycles. The molecule has 4 rings (SSSR count). The lowest BCUT2D eigenvalue weighted by Crippen LogP contribution is -2.19. The molecule has 0 radical (unpaired) electrons. The Balaban J connectivity index is 1.86. The van der Waals surface area contributed by atoms with Gasteiger partial charge < -0.3 is 5.11 Å². The summed E-state index contributed by atoms with van der Waals surface area (Å²) in [6.45, 7) is 0. The number of hydrogen-bond acceptors (Lipinski definition) is 1. The number of benzene rings is 2. The van der Waals surface area contributed by atoms with Gasteiger partial charge in [-0.3, -0.25) is 0 Å². The molecular formula is C19H18Cl2O. The average molecular weight is 333 g/mol. The van der Waals surface area contributed by atoms with Crippen molar-refractivity contribution in [3.8, 4) is 16.9 Å². The predicted octanol–water partition coefficient (Wildman–Crippen LogP) is 6.20. The molecule has 2 fully saturated rings. The Morgan fingerprint density at radius 2 is 1.64 bits per heavy atom. The lowest BCUT2D eigenvalue weighted by molar-refractivity contribution is 0.390. The first-order valence-electron chi connectivity index (χ1n) is 7.86. The highest BCUT2D eigenvalue weighted by Gasteiger charge is 2.47. The van der Waals surface area contributed by atoms with E-state index in [0.717, 1.165) is 22.6 Å². The van der Waals surface area contributed by atoms with Gasteiger partial charge >= 0.3 is 0 Å². The Labute approximate surface area is 140 Å². The Bertz CT molecular complexity index is 713. The van der Waals surface area contributed by atoms with Crippen LogP contribution in [0.4, 0.5) is 0 Å². The number of halogens is 2. The Morgan fingerprint density at radius 1 is 0.955 bits per heavy atom. The Morgan fingerprint density at radius 3 is 2.23 bits per heavy atom.